The zero-order valence-electron chi connectivity index (χ0n) is 11.3. The fourth-order valence-corrected chi connectivity index (χ4v) is 2.22. The quantitative estimate of drug-likeness (QED) is 0.807. The second-order valence-corrected chi connectivity index (χ2v) is 4.99. The maximum absolute atomic E-state index is 5.87. The van der Waals surface area contributed by atoms with Gasteiger partial charge >= 0.3 is 0 Å². The molecule has 1 fully saturated rings. The van der Waals surface area contributed by atoms with E-state index in [2.05, 4.69) is 19.2 Å². The van der Waals surface area contributed by atoms with Crippen molar-refractivity contribution >= 4 is 11.4 Å². The van der Waals surface area contributed by atoms with Crippen LogP contribution in [0.3, 0.4) is 0 Å². The Morgan fingerprint density at radius 3 is 2.94 bits per heavy atom. The van der Waals surface area contributed by atoms with Gasteiger partial charge in [-0.1, -0.05) is 0 Å². The average molecular weight is 250 g/mol. The second-order valence-electron chi connectivity index (χ2n) is 4.99. The van der Waals surface area contributed by atoms with Gasteiger partial charge in [-0.2, -0.15) is 0 Å². The number of nitrogens with one attached hydrogen (secondary N) is 1. The standard InChI is InChI=1S/C14H22N2O2/c1-4-17-13-9-11(5-6-12(13)15)16-14(3)7-8-18-10(14)2/h5-6,9-10,16H,4,7-8,15H2,1-3H3. The molecule has 0 bridgehead atoms. The summed E-state index contributed by atoms with van der Waals surface area (Å²) in [6.45, 7) is 7.65. The molecule has 4 heteroatoms. The van der Waals surface area contributed by atoms with E-state index in [9.17, 15) is 0 Å². The molecule has 0 aliphatic carbocycles. The van der Waals surface area contributed by atoms with E-state index in [0.29, 0.717) is 12.3 Å². The van der Waals surface area contributed by atoms with Crippen molar-refractivity contribution in [3.8, 4) is 5.75 Å². The molecule has 0 aromatic heterocycles. The SMILES string of the molecule is CCOc1cc(NC2(C)CCOC2C)ccc1N. The van der Waals surface area contributed by atoms with Gasteiger partial charge < -0.3 is 20.5 Å². The molecule has 1 aromatic carbocycles. The van der Waals surface area contributed by atoms with Crippen molar-refractivity contribution in [1.29, 1.82) is 0 Å². The molecule has 0 saturated carbocycles. The lowest BCUT2D eigenvalue weighted by atomic mass is 9.94. The monoisotopic (exact) mass is 250 g/mol. The lowest BCUT2D eigenvalue weighted by Crippen LogP contribution is -2.41. The van der Waals surface area contributed by atoms with E-state index in [1.54, 1.807) is 0 Å². The summed E-state index contributed by atoms with van der Waals surface area (Å²) in [6.07, 6.45) is 1.20. The Bertz CT molecular complexity index is 422. The molecule has 2 rings (SSSR count). The molecule has 0 radical (unpaired) electrons. The predicted octanol–water partition coefficient (Wildman–Crippen LogP) is 2.65. The van der Waals surface area contributed by atoms with Crippen LogP contribution in [0.25, 0.3) is 0 Å². The normalized spacial score (nSPS) is 27.2. The topological polar surface area (TPSA) is 56.5 Å². The minimum Gasteiger partial charge on any atom is -0.492 e. The molecule has 0 amide bonds. The maximum atomic E-state index is 5.87. The summed E-state index contributed by atoms with van der Waals surface area (Å²) < 4.78 is 11.1. The van der Waals surface area contributed by atoms with Crippen molar-refractivity contribution in [3.05, 3.63) is 18.2 Å². The summed E-state index contributed by atoms with van der Waals surface area (Å²) in [5.41, 5.74) is 7.53. The Balaban J connectivity index is 2.16. The van der Waals surface area contributed by atoms with E-state index in [1.807, 2.05) is 25.1 Å². The van der Waals surface area contributed by atoms with Crippen LogP contribution in [0.5, 0.6) is 5.75 Å². The number of anilines is 2. The van der Waals surface area contributed by atoms with Crippen molar-refractivity contribution < 1.29 is 9.47 Å². The van der Waals surface area contributed by atoms with Crippen LogP contribution in [0.15, 0.2) is 18.2 Å². The second kappa shape index (κ2) is 5.06. The highest BCUT2D eigenvalue weighted by Crippen LogP contribution is 2.32. The number of nitrogens with two attached hydrogens (primary N) is 1. The molecule has 0 spiro atoms. The molecule has 18 heavy (non-hydrogen) atoms. The summed E-state index contributed by atoms with van der Waals surface area (Å²) in [5.74, 6) is 0.734. The summed E-state index contributed by atoms with van der Waals surface area (Å²) in [6, 6.07) is 5.81. The first-order valence-corrected chi connectivity index (χ1v) is 6.47. The van der Waals surface area contributed by atoms with Crippen LogP contribution in [0.4, 0.5) is 11.4 Å². The minimum atomic E-state index is -0.0282. The minimum absolute atomic E-state index is 0.0282. The highest BCUT2D eigenvalue weighted by Gasteiger charge is 2.36. The fourth-order valence-electron chi connectivity index (χ4n) is 2.22. The number of nitrogen functional groups attached to an aromatic ring is 1. The van der Waals surface area contributed by atoms with E-state index in [0.717, 1.165) is 24.5 Å². The molecule has 1 aromatic rings. The number of ether oxygens (including phenoxy) is 2. The van der Waals surface area contributed by atoms with E-state index in [4.69, 9.17) is 15.2 Å². The molecular formula is C14H22N2O2. The molecule has 3 N–H and O–H groups in total. The Morgan fingerprint density at radius 2 is 2.33 bits per heavy atom. The Kier molecular flexibility index (Phi) is 3.66. The van der Waals surface area contributed by atoms with Crippen LogP contribution >= 0.6 is 0 Å². The van der Waals surface area contributed by atoms with Gasteiger partial charge in [0.05, 0.1) is 23.9 Å². The third-order valence-electron chi connectivity index (χ3n) is 3.63. The van der Waals surface area contributed by atoms with Gasteiger partial charge in [0, 0.05) is 18.4 Å². The number of hydrogen-bond acceptors (Lipinski definition) is 4. The molecule has 1 heterocycles. The first-order chi connectivity index (χ1) is 8.55. The van der Waals surface area contributed by atoms with Crippen LogP contribution in [0.2, 0.25) is 0 Å². The zero-order valence-corrected chi connectivity index (χ0v) is 11.3. The van der Waals surface area contributed by atoms with Crippen molar-refractivity contribution in [3.63, 3.8) is 0 Å². The Morgan fingerprint density at radius 1 is 1.56 bits per heavy atom. The van der Waals surface area contributed by atoms with Crippen LogP contribution in [-0.2, 0) is 4.74 Å². The van der Waals surface area contributed by atoms with Crippen LogP contribution in [0, 0.1) is 0 Å². The summed E-state index contributed by atoms with van der Waals surface area (Å²) >= 11 is 0. The van der Waals surface area contributed by atoms with Gasteiger partial charge in [-0.05, 0) is 39.3 Å². The lowest BCUT2D eigenvalue weighted by Gasteiger charge is -2.30. The van der Waals surface area contributed by atoms with E-state index >= 15 is 0 Å². The van der Waals surface area contributed by atoms with Gasteiger partial charge in [0.1, 0.15) is 5.75 Å². The Labute approximate surface area is 108 Å². The first-order valence-electron chi connectivity index (χ1n) is 6.47. The van der Waals surface area contributed by atoms with Gasteiger partial charge in [-0.15, -0.1) is 0 Å². The molecule has 1 aliphatic rings. The highest BCUT2D eigenvalue weighted by molar-refractivity contribution is 5.62. The number of benzene rings is 1. The van der Waals surface area contributed by atoms with Gasteiger partial charge in [-0.3, -0.25) is 0 Å². The highest BCUT2D eigenvalue weighted by atomic mass is 16.5. The summed E-state index contributed by atoms with van der Waals surface area (Å²) in [4.78, 5) is 0. The summed E-state index contributed by atoms with van der Waals surface area (Å²) in [7, 11) is 0. The lowest BCUT2D eigenvalue weighted by molar-refractivity contribution is 0.105. The van der Waals surface area contributed by atoms with Crippen molar-refractivity contribution in [1.82, 2.24) is 0 Å². The van der Waals surface area contributed by atoms with Gasteiger partial charge in [0.15, 0.2) is 0 Å². The maximum Gasteiger partial charge on any atom is 0.144 e. The summed E-state index contributed by atoms with van der Waals surface area (Å²) in [5, 5.41) is 3.53. The predicted molar refractivity (Wildman–Crippen MR) is 74.1 cm³/mol. The largest absolute Gasteiger partial charge is 0.492 e. The van der Waals surface area contributed by atoms with E-state index < -0.39 is 0 Å². The third kappa shape index (κ3) is 2.53. The van der Waals surface area contributed by atoms with Gasteiger partial charge in [0.25, 0.3) is 0 Å². The van der Waals surface area contributed by atoms with Gasteiger partial charge in [0.2, 0.25) is 0 Å². The average Bonchev–Trinajstić information content (AvgIpc) is 2.64. The van der Waals surface area contributed by atoms with Crippen LogP contribution in [0.1, 0.15) is 27.2 Å². The van der Waals surface area contributed by atoms with Crippen molar-refractivity contribution in [2.24, 2.45) is 0 Å². The smallest absolute Gasteiger partial charge is 0.144 e. The van der Waals surface area contributed by atoms with E-state index in [-0.39, 0.29) is 11.6 Å². The number of rotatable bonds is 4. The molecule has 2 atom stereocenters. The zero-order chi connectivity index (χ0) is 13.2. The van der Waals surface area contributed by atoms with Crippen molar-refractivity contribution in [2.45, 2.75) is 38.8 Å². The third-order valence-corrected chi connectivity index (χ3v) is 3.63. The Hall–Kier alpha value is -1.42. The molecule has 1 aliphatic heterocycles. The van der Waals surface area contributed by atoms with E-state index in [1.165, 1.54) is 0 Å². The molecule has 100 valence electrons. The van der Waals surface area contributed by atoms with Crippen LogP contribution < -0.4 is 15.8 Å². The fraction of sp³-hybridized carbons (Fsp3) is 0.571. The van der Waals surface area contributed by atoms with Crippen molar-refractivity contribution in [2.75, 3.05) is 24.3 Å². The number of hydrogen-bond donors (Lipinski definition) is 2. The first kappa shape index (κ1) is 13.0. The molecular weight excluding hydrogens is 228 g/mol. The molecule has 2 unspecified atom stereocenters. The van der Waals surface area contributed by atoms with Crippen LogP contribution in [-0.4, -0.2) is 24.9 Å². The van der Waals surface area contributed by atoms with Gasteiger partial charge in [-0.25, -0.2) is 0 Å². The molecule has 4 nitrogen and oxygen atoms in total. The molecule has 1 saturated heterocycles.